The van der Waals surface area contributed by atoms with Crippen molar-refractivity contribution in [1.29, 1.82) is 0 Å². The van der Waals surface area contributed by atoms with Crippen molar-refractivity contribution in [1.82, 2.24) is 30.8 Å². The predicted octanol–water partition coefficient (Wildman–Crippen LogP) is 0.533. The van der Waals surface area contributed by atoms with E-state index in [1.54, 1.807) is 16.8 Å². The van der Waals surface area contributed by atoms with Gasteiger partial charge in [0.25, 0.3) is 5.91 Å². The Labute approximate surface area is 122 Å². The van der Waals surface area contributed by atoms with Crippen LogP contribution in [0, 0.1) is 0 Å². The first kappa shape index (κ1) is 13.7. The van der Waals surface area contributed by atoms with Crippen LogP contribution in [0.15, 0.2) is 30.6 Å². The van der Waals surface area contributed by atoms with Gasteiger partial charge in [-0.1, -0.05) is 0 Å². The highest BCUT2D eigenvalue weighted by atomic mass is 16.1. The maximum atomic E-state index is 12.2. The number of rotatable bonds is 3. The topological polar surface area (TPSA) is 84.7 Å². The zero-order chi connectivity index (χ0) is 14.7. The summed E-state index contributed by atoms with van der Waals surface area (Å²) < 4.78 is 1.55. The SMILES string of the molecule is CC1CC(NC(=O)c2ccc(-n3cnnn3)cc2)CCN1. The lowest BCUT2D eigenvalue weighted by Gasteiger charge is -2.28. The zero-order valence-electron chi connectivity index (χ0n) is 11.9. The molecule has 0 bridgehead atoms. The zero-order valence-corrected chi connectivity index (χ0v) is 11.9. The van der Waals surface area contributed by atoms with Crippen molar-refractivity contribution in [3.63, 3.8) is 0 Å². The Balaban J connectivity index is 1.65. The maximum absolute atomic E-state index is 12.2. The molecule has 7 nitrogen and oxygen atoms in total. The van der Waals surface area contributed by atoms with Gasteiger partial charge in [-0.15, -0.1) is 5.10 Å². The highest BCUT2D eigenvalue weighted by Crippen LogP contribution is 2.11. The summed E-state index contributed by atoms with van der Waals surface area (Å²) in [7, 11) is 0. The highest BCUT2D eigenvalue weighted by Gasteiger charge is 2.20. The third-order valence-corrected chi connectivity index (χ3v) is 3.70. The first-order valence-corrected chi connectivity index (χ1v) is 7.10. The third kappa shape index (κ3) is 3.25. The molecule has 1 aliphatic rings. The molecule has 2 heterocycles. The van der Waals surface area contributed by atoms with E-state index < -0.39 is 0 Å². The average molecular weight is 286 g/mol. The van der Waals surface area contributed by atoms with E-state index in [1.807, 2.05) is 12.1 Å². The molecule has 1 aromatic heterocycles. The smallest absolute Gasteiger partial charge is 0.251 e. The Morgan fingerprint density at radius 3 is 2.86 bits per heavy atom. The number of hydrogen-bond acceptors (Lipinski definition) is 5. The van der Waals surface area contributed by atoms with E-state index in [-0.39, 0.29) is 11.9 Å². The van der Waals surface area contributed by atoms with Crippen molar-refractivity contribution < 1.29 is 4.79 Å². The summed E-state index contributed by atoms with van der Waals surface area (Å²) >= 11 is 0. The Kier molecular flexibility index (Phi) is 3.92. The molecule has 2 N–H and O–H groups in total. The van der Waals surface area contributed by atoms with Crippen molar-refractivity contribution in [3.05, 3.63) is 36.2 Å². The van der Waals surface area contributed by atoms with Crippen molar-refractivity contribution in [2.75, 3.05) is 6.54 Å². The molecule has 110 valence electrons. The molecule has 0 spiro atoms. The summed E-state index contributed by atoms with van der Waals surface area (Å²) in [5.41, 5.74) is 1.48. The minimum atomic E-state index is -0.0302. The van der Waals surface area contributed by atoms with Gasteiger partial charge in [0.05, 0.1) is 5.69 Å². The summed E-state index contributed by atoms with van der Waals surface area (Å²) in [4.78, 5) is 12.2. The van der Waals surface area contributed by atoms with E-state index in [0.717, 1.165) is 25.1 Å². The average Bonchev–Trinajstić information content (AvgIpc) is 3.01. The van der Waals surface area contributed by atoms with Crippen molar-refractivity contribution in [2.45, 2.75) is 31.8 Å². The number of piperidine rings is 1. The second kappa shape index (κ2) is 6.01. The molecule has 21 heavy (non-hydrogen) atoms. The number of tetrazole rings is 1. The highest BCUT2D eigenvalue weighted by molar-refractivity contribution is 5.94. The van der Waals surface area contributed by atoms with Gasteiger partial charge < -0.3 is 10.6 Å². The van der Waals surface area contributed by atoms with E-state index in [2.05, 4.69) is 33.1 Å². The van der Waals surface area contributed by atoms with Crippen LogP contribution in [0.25, 0.3) is 5.69 Å². The van der Waals surface area contributed by atoms with Crippen LogP contribution in [0.5, 0.6) is 0 Å². The van der Waals surface area contributed by atoms with Crippen LogP contribution in [-0.2, 0) is 0 Å². The summed E-state index contributed by atoms with van der Waals surface area (Å²) in [6.07, 6.45) is 3.46. The molecule has 0 radical (unpaired) electrons. The number of benzene rings is 1. The molecule has 0 saturated carbocycles. The van der Waals surface area contributed by atoms with Gasteiger partial charge in [0.15, 0.2) is 0 Å². The summed E-state index contributed by atoms with van der Waals surface area (Å²) in [5, 5.41) is 17.5. The number of nitrogens with one attached hydrogen (secondary N) is 2. The minimum absolute atomic E-state index is 0.0302. The van der Waals surface area contributed by atoms with Crippen LogP contribution in [0.2, 0.25) is 0 Å². The number of carbonyl (C=O) groups is 1. The summed E-state index contributed by atoms with van der Waals surface area (Å²) in [6, 6.07) is 7.93. The van der Waals surface area contributed by atoms with Gasteiger partial charge >= 0.3 is 0 Å². The van der Waals surface area contributed by atoms with E-state index in [0.29, 0.717) is 11.6 Å². The number of carbonyl (C=O) groups excluding carboxylic acids is 1. The Morgan fingerprint density at radius 2 is 2.19 bits per heavy atom. The second-order valence-electron chi connectivity index (χ2n) is 5.35. The van der Waals surface area contributed by atoms with E-state index in [4.69, 9.17) is 0 Å². The van der Waals surface area contributed by atoms with Crippen LogP contribution in [0.4, 0.5) is 0 Å². The number of aromatic nitrogens is 4. The Bertz CT molecular complexity index is 594. The van der Waals surface area contributed by atoms with E-state index in [9.17, 15) is 4.79 Å². The van der Waals surface area contributed by atoms with E-state index in [1.165, 1.54) is 6.33 Å². The van der Waals surface area contributed by atoms with Crippen LogP contribution in [-0.4, -0.2) is 44.7 Å². The molecular weight excluding hydrogens is 268 g/mol. The minimum Gasteiger partial charge on any atom is -0.349 e. The van der Waals surface area contributed by atoms with Gasteiger partial charge in [-0.3, -0.25) is 4.79 Å². The van der Waals surface area contributed by atoms with Gasteiger partial charge in [-0.2, -0.15) is 0 Å². The Morgan fingerprint density at radius 1 is 1.38 bits per heavy atom. The lowest BCUT2D eigenvalue weighted by atomic mass is 10.0. The second-order valence-corrected chi connectivity index (χ2v) is 5.35. The molecule has 1 amide bonds. The molecule has 2 atom stereocenters. The summed E-state index contributed by atoms with van der Waals surface area (Å²) in [5.74, 6) is -0.0302. The van der Waals surface area contributed by atoms with Crippen LogP contribution >= 0.6 is 0 Å². The first-order chi connectivity index (χ1) is 10.2. The van der Waals surface area contributed by atoms with Crippen molar-refractivity contribution >= 4 is 5.91 Å². The van der Waals surface area contributed by atoms with Gasteiger partial charge in [0.2, 0.25) is 0 Å². The fourth-order valence-corrected chi connectivity index (χ4v) is 2.58. The van der Waals surface area contributed by atoms with Crippen molar-refractivity contribution in [3.8, 4) is 5.69 Å². The quantitative estimate of drug-likeness (QED) is 0.860. The summed E-state index contributed by atoms with van der Waals surface area (Å²) in [6.45, 7) is 3.09. The molecule has 0 aliphatic carbocycles. The number of amides is 1. The lowest BCUT2D eigenvalue weighted by Crippen LogP contribution is -2.46. The molecule has 1 fully saturated rings. The van der Waals surface area contributed by atoms with Crippen LogP contribution < -0.4 is 10.6 Å². The standard InChI is InChI=1S/C14H18N6O/c1-10-8-12(6-7-15-10)17-14(21)11-2-4-13(5-3-11)20-9-16-18-19-20/h2-5,9-10,12,15H,6-8H2,1H3,(H,17,21). The van der Waals surface area contributed by atoms with Gasteiger partial charge in [0.1, 0.15) is 6.33 Å². The largest absolute Gasteiger partial charge is 0.349 e. The fraction of sp³-hybridized carbons (Fsp3) is 0.429. The van der Waals surface area contributed by atoms with Crippen LogP contribution in [0.1, 0.15) is 30.1 Å². The molecule has 1 saturated heterocycles. The normalized spacial score (nSPS) is 22.0. The van der Waals surface area contributed by atoms with Gasteiger partial charge in [-0.05, 0) is 61.0 Å². The maximum Gasteiger partial charge on any atom is 0.251 e. The predicted molar refractivity (Wildman–Crippen MR) is 77.1 cm³/mol. The number of hydrogen-bond donors (Lipinski definition) is 2. The van der Waals surface area contributed by atoms with Crippen molar-refractivity contribution in [2.24, 2.45) is 0 Å². The number of nitrogens with zero attached hydrogens (tertiary/aromatic N) is 4. The van der Waals surface area contributed by atoms with Crippen LogP contribution in [0.3, 0.4) is 0 Å². The molecule has 2 unspecified atom stereocenters. The molecule has 2 aromatic rings. The molecule has 1 aromatic carbocycles. The first-order valence-electron chi connectivity index (χ1n) is 7.10. The fourth-order valence-electron chi connectivity index (χ4n) is 2.58. The molecule has 7 heteroatoms. The molecular formula is C14H18N6O. The lowest BCUT2D eigenvalue weighted by molar-refractivity contribution is 0.0925. The monoisotopic (exact) mass is 286 g/mol. The van der Waals surface area contributed by atoms with Gasteiger partial charge in [-0.25, -0.2) is 4.68 Å². The third-order valence-electron chi connectivity index (χ3n) is 3.70. The molecule has 3 rings (SSSR count). The Hall–Kier alpha value is -2.28. The van der Waals surface area contributed by atoms with Gasteiger partial charge in [0, 0.05) is 17.6 Å². The molecule has 1 aliphatic heterocycles. The van der Waals surface area contributed by atoms with E-state index >= 15 is 0 Å².